The molecule has 5 heteroatoms. The molecule has 1 unspecified atom stereocenters. The number of rotatable bonds is 7. The second-order valence-corrected chi connectivity index (χ2v) is 4.58. The maximum Gasteiger partial charge on any atom is 0.319 e. The van der Waals surface area contributed by atoms with Gasteiger partial charge in [0, 0.05) is 12.2 Å². The molecule has 0 spiro atoms. The van der Waals surface area contributed by atoms with Crippen molar-refractivity contribution in [3.63, 3.8) is 0 Å². The van der Waals surface area contributed by atoms with Crippen LogP contribution in [0.4, 0.5) is 10.5 Å². The van der Waals surface area contributed by atoms with Crippen molar-refractivity contribution in [1.29, 1.82) is 0 Å². The summed E-state index contributed by atoms with van der Waals surface area (Å²) in [6, 6.07) is 6.92. The number of carbonyl (C=O) groups is 2. The van der Waals surface area contributed by atoms with Gasteiger partial charge in [0.1, 0.15) is 0 Å². The fourth-order valence-corrected chi connectivity index (χ4v) is 1.74. The Labute approximate surface area is 118 Å². The Kier molecular flexibility index (Phi) is 6.29. The Morgan fingerprint density at radius 1 is 1.35 bits per heavy atom. The first-order valence-electron chi connectivity index (χ1n) is 6.50. The van der Waals surface area contributed by atoms with Crippen LogP contribution in [0.25, 0.3) is 0 Å². The van der Waals surface area contributed by atoms with Gasteiger partial charge >= 0.3 is 12.0 Å². The molecule has 20 heavy (non-hydrogen) atoms. The van der Waals surface area contributed by atoms with Crippen molar-refractivity contribution >= 4 is 17.7 Å². The number of benzene rings is 1. The molecule has 0 aliphatic heterocycles. The highest BCUT2D eigenvalue weighted by Crippen LogP contribution is 2.20. The summed E-state index contributed by atoms with van der Waals surface area (Å²) < 4.78 is 0. The minimum atomic E-state index is -0.818. The van der Waals surface area contributed by atoms with Crippen molar-refractivity contribution in [3.05, 3.63) is 42.5 Å². The predicted octanol–water partition coefficient (Wildman–Crippen LogP) is 2.96. The molecular formula is C15H20N2O3. The Morgan fingerprint density at radius 3 is 2.55 bits per heavy atom. The summed E-state index contributed by atoms with van der Waals surface area (Å²) in [5.41, 5.74) is 1.61. The molecule has 0 saturated heterocycles. The first-order chi connectivity index (χ1) is 9.52. The second-order valence-electron chi connectivity index (χ2n) is 4.58. The molecule has 0 heterocycles. The summed E-state index contributed by atoms with van der Waals surface area (Å²) in [6.45, 7) is 5.98. The van der Waals surface area contributed by atoms with Crippen molar-refractivity contribution in [2.45, 2.75) is 25.7 Å². The number of nitrogens with one attached hydrogen (secondary N) is 2. The summed E-state index contributed by atoms with van der Waals surface area (Å²) in [4.78, 5) is 22.2. The van der Waals surface area contributed by atoms with Crippen molar-refractivity contribution in [2.24, 2.45) is 0 Å². The van der Waals surface area contributed by atoms with Crippen LogP contribution in [0.2, 0.25) is 0 Å². The maximum absolute atomic E-state index is 11.5. The lowest BCUT2D eigenvalue weighted by atomic mass is 9.98. The zero-order valence-electron chi connectivity index (χ0n) is 11.6. The summed E-state index contributed by atoms with van der Waals surface area (Å²) >= 11 is 0. The Balaban J connectivity index is 2.51. The molecule has 1 atom stereocenters. The third-order valence-corrected chi connectivity index (χ3v) is 2.85. The van der Waals surface area contributed by atoms with Crippen LogP contribution < -0.4 is 10.6 Å². The van der Waals surface area contributed by atoms with Crippen LogP contribution in [0, 0.1) is 0 Å². The molecule has 5 nitrogen and oxygen atoms in total. The van der Waals surface area contributed by atoms with E-state index in [-0.39, 0.29) is 18.4 Å². The van der Waals surface area contributed by atoms with Gasteiger partial charge in [0.25, 0.3) is 0 Å². The third kappa shape index (κ3) is 5.56. The molecule has 0 aliphatic carbocycles. The van der Waals surface area contributed by atoms with Crippen LogP contribution in [0.1, 0.15) is 31.2 Å². The first kappa shape index (κ1) is 15.8. The van der Waals surface area contributed by atoms with Crippen LogP contribution in [-0.4, -0.2) is 23.7 Å². The molecule has 0 aromatic heterocycles. The molecule has 0 radical (unpaired) electrons. The normalized spacial score (nSPS) is 11.4. The summed E-state index contributed by atoms with van der Waals surface area (Å²) in [5, 5.41) is 14.2. The van der Waals surface area contributed by atoms with Crippen LogP contribution in [0.3, 0.4) is 0 Å². The van der Waals surface area contributed by atoms with E-state index in [1.807, 2.05) is 19.1 Å². The number of carbonyl (C=O) groups excluding carboxylic acids is 1. The minimum Gasteiger partial charge on any atom is -0.481 e. The van der Waals surface area contributed by atoms with Gasteiger partial charge in [-0.2, -0.15) is 0 Å². The number of aliphatic carboxylic acids is 1. The van der Waals surface area contributed by atoms with Gasteiger partial charge in [-0.1, -0.05) is 25.1 Å². The van der Waals surface area contributed by atoms with E-state index in [0.29, 0.717) is 12.2 Å². The largest absolute Gasteiger partial charge is 0.481 e. The molecule has 0 saturated carbocycles. The van der Waals surface area contributed by atoms with Crippen LogP contribution in [0.5, 0.6) is 0 Å². The number of amides is 2. The summed E-state index contributed by atoms with van der Waals surface area (Å²) in [6.07, 6.45) is 2.55. The lowest BCUT2D eigenvalue weighted by Crippen LogP contribution is -2.29. The number of hydrogen-bond donors (Lipinski definition) is 3. The number of hydrogen-bond acceptors (Lipinski definition) is 2. The fraction of sp³-hybridized carbons (Fsp3) is 0.333. The van der Waals surface area contributed by atoms with Gasteiger partial charge in [-0.05, 0) is 30.0 Å². The Hall–Kier alpha value is -2.30. The Bertz CT molecular complexity index is 469. The van der Waals surface area contributed by atoms with E-state index in [2.05, 4.69) is 17.2 Å². The van der Waals surface area contributed by atoms with Crippen molar-refractivity contribution in [2.75, 3.05) is 11.9 Å². The molecular weight excluding hydrogens is 256 g/mol. The van der Waals surface area contributed by atoms with Crippen LogP contribution in [0.15, 0.2) is 36.9 Å². The third-order valence-electron chi connectivity index (χ3n) is 2.85. The molecule has 3 N–H and O–H groups in total. The molecule has 0 fully saturated rings. The van der Waals surface area contributed by atoms with E-state index in [1.165, 1.54) is 0 Å². The van der Waals surface area contributed by atoms with Gasteiger partial charge < -0.3 is 15.7 Å². The van der Waals surface area contributed by atoms with Gasteiger partial charge in [-0.3, -0.25) is 4.79 Å². The highest BCUT2D eigenvalue weighted by molar-refractivity contribution is 5.89. The summed E-state index contributed by atoms with van der Waals surface area (Å²) in [5.74, 6) is -0.871. The van der Waals surface area contributed by atoms with E-state index in [0.717, 1.165) is 12.0 Å². The molecule has 1 aromatic carbocycles. The fourth-order valence-electron chi connectivity index (χ4n) is 1.74. The number of urea groups is 1. The molecule has 1 aromatic rings. The quantitative estimate of drug-likeness (QED) is 0.529. The van der Waals surface area contributed by atoms with Crippen molar-refractivity contribution in [3.8, 4) is 0 Å². The van der Waals surface area contributed by atoms with E-state index in [1.54, 1.807) is 18.2 Å². The SMILES string of the molecule is C=CCCNC(=O)Nc1ccc(C(C)CC(=O)O)cc1. The van der Waals surface area contributed by atoms with Gasteiger partial charge in [0.2, 0.25) is 0 Å². The predicted molar refractivity (Wildman–Crippen MR) is 78.9 cm³/mol. The minimum absolute atomic E-state index is 0.0528. The first-order valence-corrected chi connectivity index (χ1v) is 6.50. The van der Waals surface area contributed by atoms with E-state index < -0.39 is 5.97 Å². The van der Waals surface area contributed by atoms with E-state index >= 15 is 0 Å². The molecule has 2 amide bonds. The molecule has 1 rings (SSSR count). The zero-order chi connectivity index (χ0) is 15.0. The van der Waals surface area contributed by atoms with Gasteiger partial charge in [0.05, 0.1) is 6.42 Å². The monoisotopic (exact) mass is 276 g/mol. The lowest BCUT2D eigenvalue weighted by molar-refractivity contribution is -0.137. The molecule has 0 bridgehead atoms. The molecule has 108 valence electrons. The van der Waals surface area contributed by atoms with Crippen molar-refractivity contribution < 1.29 is 14.7 Å². The topological polar surface area (TPSA) is 78.4 Å². The van der Waals surface area contributed by atoms with Crippen LogP contribution in [-0.2, 0) is 4.79 Å². The molecule has 0 aliphatic rings. The average molecular weight is 276 g/mol. The van der Waals surface area contributed by atoms with Crippen LogP contribution >= 0.6 is 0 Å². The lowest BCUT2D eigenvalue weighted by Gasteiger charge is -2.11. The average Bonchev–Trinajstić information content (AvgIpc) is 2.39. The smallest absolute Gasteiger partial charge is 0.319 e. The van der Waals surface area contributed by atoms with Gasteiger partial charge in [-0.25, -0.2) is 4.79 Å². The Morgan fingerprint density at radius 2 is 2.00 bits per heavy atom. The van der Waals surface area contributed by atoms with Gasteiger partial charge in [0.15, 0.2) is 0 Å². The maximum atomic E-state index is 11.5. The number of carboxylic acids is 1. The second kappa shape index (κ2) is 7.99. The number of anilines is 1. The standard InChI is InChI=1S/C15H20N2O3/c1-3-4-9-16-15(20)17-13-7-5-12(6-8-13)11(2)10-14(18)19/h3,5-8,11H,1,4,9-10H2,2H3,(H,18,19)(H2,16,17,20). The van der Waals surface area contributed by atoms with E-state index in [4.69, 9.17) is 5.11 Å². The van der Waals surface area contributed by atoms with E-state index in [9.17, 15) is 9.59 Å². The van der Waals surface area contributed by atoms with Crippen molar-refractivity contribution in [1.82, 2.24) is 5.32 Å². The highest BCUT2D eigenvalue weighted by Gasteiger charge is 2.10. The zero-order valence-corrected chi connectivity index (χ0v) is 11.6. The summed E-state index contributed by atoms with van der Waals surface area (Å²) in [7, 11) is 0. The highest BCUT2D eigenvalue weighted by atomic mass is 16.4. The number of carboxylic acid groups (broad SMARTS) is 1. The van der Waals surface area contributed by atoms with Gasteiger partial charge in [-0.15, -0.1) is 6.58 Å².